The molecule has 6 rings (SSSR count). The number of hydrogen-bond acceptors (Lipinski definition) is 5. The highest BCUT2D eigenvalue weighted by molar-refractivity contribution is 9.10. The molecule has 194 valence electrons. The summed E-state index contributed by atoms with van der Waals surface area (Å²) in [4.78, 5) is 15.4. The van der Waals surface area contributed by atoms with Crippen molar-refractivity contribution in [2.75, 3.05) is 7.05 Å². The van der Waals surface area contributed by atoms with Crippen LogP contribution in [0.1, 0.15) is 27.3 Å². The molecule has 1 amide bonds. The summed E-state index contributed by atoms with van der Waals surface area (Å²) in [6, 6.07) is 28.5. The van der Waals surface area contributed by atoms with Gasteiger partial charge in [0.05, 0.1) is 10.0 Å². The van der Waals surface area contributed by atoms with Gasteiger partial charge in [0.1, 0.15) is 5.75 Å². The normalized spacial score (nSPS) is 11.2. The molecule has 0 saturated carbocycles. The minimum atomic E-state index is -0.00972. The number of para-hydroxylation sites is 1. The molecule has 4 aromatic carbocycles. The Morgan fingerprint density at radius 3 is 2.62 bits per heavy atom. The average Bonchev–Trinajstić information content (AvgIpc) is 3.61. The Kier molecular flexibility index (Phi) is 6.81. The molecule has 0 saturated heterocycles. The second kappa shape index (κ2) is 10.7. The van der Waals surface area contributed by atoms with Crippen LogP contribution >= 0.6 is 15.9 Å². The van der Waals surface area contributed by atoms with Gasteiger partial charge in [-0.05, 0) is 56.0 Å². The van der Waals surface area contributed by atoms with Gasteiger partial charge in [-0.15, -0.1) is 10.2 Å². The summed E-state index contributed by atoms with van der Waals surface area (Å²) in [6.45, 7) is 1.41. The van der Waals surface area contributed by atoms with Crippen molar-refractivity contribution in [3.05, 3.63) is 118 Å². The van der Waals surface area contributed by atoms with Crippen molar-refractivity contribution in [3.63, 3.8) is 0 Å². The Bertz CT molecular complexity index is 1770. The number of nitrogens with zero attached hydrogens (tertiary/aromatic N) is 5. The molecule has 0 spiro atoms. The van der Waals surface area contributed by atoms with E-state index in [1.54, 1.807) is 4.90 Å². The van der Waals surface area contributed by atoms with Gasteiger partial charge in [-0.2, -0.15) is 5.21 Å². The van der Waals surface area contributed by atoms with Crippen molar-refractivity contribution >= 4 is 43.5 Å². The van der Waals surface area contributed by atoms with E-state index in [4.69, 9.17) is 4.74 Å². The number of ether oxygens (including phenoxy) is 1. The van der Waals surface area contributed by atoms with Crippen LogP contribution < -0.4 is 4.74 Å². The molecule has 9 heteroatoms. The second-order valence-corrected chi connectivity index (χ2v) is 10.2. The molecule has 2 aromatic heterocycles. The molecule has 39 heavy (non-hydrogen) atoms. The smallest absolute Gasteiger partial charge is 0.256 e. The van der Waals surface area contributed by atoms with E-state index < -0.39 is 0 Å². The fourth-order valence-corrected chi connectivity index (χ4v) is 5.40. The van der Waals surface area contributed by atoms with Crippen LogP contribution in [0.15, 0.2) is 95.6 Å². The highest BCUT2D eigenvalue weighted by Gasteiger charge is 2.19. The van der Waals surface area contributed by atoms with Crippen molar-refractivity contribution in [3.8, 4) is 5.75 Å². The molecule has 0 aliphatic rings. The molecular weight excluding hydrogens is 556 g/mol. The van der Waals surface area contributed by atoms with Gasteiger partial charge in [0.2, 0.25) is 5.82 Å². The summed E-state index contributed by atoms with van der Waals surface area (Å²) >= 11 is 3.67. The maximum atomic E-state index is 13.6. The van der Waals surface area contributed by atoms with E-state index in [0.717, 1.165) is 31.7 Å². The van der Waals surface area contributed by atoms with E-state index in [2.05, 4.69) is 65.4 Å². The zero-order valence-electron chi connectivity index (χ0n) is 21.2. The maximum absolute atomic E-state index is 13.6. The van der Waals surface area contributed by atoms with E-state index in [9.17, 15) is 4.79 Å². The van der Waals surface area contributed by atoms with Crippen LogP contribution in [0.25, 0.3) is 21.7 Å². The van der Waals surface area contributed by atoms with Crippen LogP contribution in [0, 0.1) is 0 Å². The van der Waals surface area contributed by atoms with Gasteiger partial charge in [0, 0.05) is 37.2 Å². The number of aromatic amines is 1. The van der Waals surface area contributed by atoms with E-state index in [1.165, 1.54) is 5.56 Å². The fourth-order valence-electron chi connectivity index (χ4n) is 4.80. The standard InChI is InChI=1S/C30H25BrN6O2/c1-36(30(38)25-18-37(17-20-7-3-2-4-8-20)26-10-6-5-9-24(25)26)16-21-11-13-23-22(15-21)12-14-27(29(23)31)39-19-28-32-34-35-33-28/h2-15,18H,16-17,19H2,1H3,(H,32,33,34,35). The molecule has 0 aliphatic carbocycles. The number of H-pyrrole nitrogens is 1. The molecule has 0 unspecified atom stereocenters. The van der Waals surface area contributed by atoms with E-state index in [0.29, 0.717) is 30.2 Å². The minimum absolute atomic E-state index is 0.00972. The lowest BCUT2D eigenvalue weighted by atomic mass is 10.1. The molecule has 0 aliphatic heterocycles. The first-order valence-electron chi connectivity index (χ1n) is 12.5. The summed E-state index contributed by atoms with van der Waals surface area (Å²) in [5.74, 6) is 1.16. The predicted molar refractivity (Wildman–Crippen MR) is 153 cm³/mol. The monoisotopic (exact) mass is 580 g/mol. The van der Waals surface area contributed by atoms with Gasteiger partial charge in [0.15, 0.2) is 6.61 Å². The second-order valence-electron chi connectivity index (χ2n) is 9.38. The lowest BCUT2D eigenvalue weighted by Crippen LogP contribution is -2.26. The van der Waals surface area contributed by atoms with Crippen LogP contribution in [0.4, 0.5) is 0 Å². The number of aromatic nitrogens is 5. The molecule has 0 radical (unpaired) electrons. The van der Waals surface area contributed by atoms with Gasteiger partial charge in [-0.3, -0.25) is 4.79 Å². The Balaban J connectivity index is 1.21. The van der Waals surface area contributed by atoms with Crippen LogP contribution in [0.5, 0.6) is 5.75 Å². The maximum Gasteiger partial charge on any atom is 0.256 e. The first kappa shape index (κ1) is 24.8. The zero-order valence-corrected chi connectivity index (χ0v) is 22.8. The predicted octanol–water partition coefficient (Wildman–Crippen LogP) is 5.97. The number of fused-ring (bicyclic) bond motifs is 2. The molecule has 6 aromatic rings. The lowest BCUT2D eigenvalue weighted by molar-refractivity contribution is 0.0787. The molecule has 0 bridgehead atoms. The van der Waals surface area contributed by atoms with E-state index in [-0.39, 0.29) is 12.5 Å². The topological polar surface area (TPSA) is 88.9 Å². The summed E-state index contributed by atoms with van der Waals surface area (Å²) in [6.07, 6.45) is 1.98. The van der Waals surface area contributed by atoms with Crippen LogP contribution in [0.2, 0.25) is 0 Å². The van der Waals surface area contributed by atoms with Crippen molar-refractivity contribution < 1.29 is 9.53 Å². The number of carbonyl (C=O) groups excluding carboxylic acids is 1. The third-order valence-corrected chi connectivity index (χ3v) is 7.53. The Hall–Kier alpha value is -4.50. The fraction of sp³-hybridized carbons (Fsp3) is 0.133. The number of amides is 1. The Labute approximate surface area is 233 Å². The van der Waals surface area contributed by atoms with Crippen LogP contribution in [-0.2, 0) is 19.7 Å². The van der Waals surface area contributed by atoms with Crippen molar-refractivity contribution in [2.24, 2.45) is 0 Å². The van der Waals surface area contributed by atoms with Crippen LogP contribution in [0.3, 0.4) is 0 Å². The summed E-state index contributed by atoms with van der Waals surface area (Å²) < 4.78 is 8.86. The largest absolute Gasteiger partial charge is 0.484 e. The first-order valence-corrected chi connectivity index (χ1v) is 13.3. The Morgan fingerprint density at radius 1 is 0.974 bits per heavy atom. The molecule has 8 nitrogen and oxygen atoms in total. The third-order valence-electron chi connectivity index (χ3n) is 6.71. The van der Waals surface area contributed by atoms with Gasteiger partial charge in [-0.25, -0.2) is 0 Å². The van der Waals surface area contributed by atoms with Crippen LogP contribution in [-0.4, -0.2) is 43.0 Å². The van der Waals surface area contributed by atoms with Gasteiger partial charge < -0.3 is 14.2 Å². The molecule has 0 fully saturated rings. The molecule has 0 atom stereocenters. The molecule has 2 heterocycles. The number of tetrazole rings is 1. The SMILES string of the molecule is CN(Cc1ccc2c(Br)c(OCc3nn[nH]n3)ccc2c1)C(=O)c1cn(Cc2ccccc2)c2ccccc12. The Morgan fingerprint density at radius 2 is 1.79 bits per heavy atom. The number of carbonyl (C=O) groups is 1. The number of halogens is 1. The number of hydrogen-bond donors (Lipinski definition) is 1. The number of benzene rings is 4. The zero-order chi connectivity index (χ0) is 26.8. The minimum Gasteiger partial charge on any atom is -0.484 e. The quantitative estimate of drug-likeness (QED) is 0.239. The summed E-state index contributed by atoms with van der Waals surface area (Å²) in [5.41, 5.74) is 3.98. The first-order chi connectivity index (χ1) is 19.1. The molecule has 1 N–H and O–H groups in total. The van der Waals surface area contributed by atoms with Crippen molar-refractivity contribution in [1.82, 2.24) is 30.1 Å². The average molecular weight is 581 g/mol. The highest BCUT2D eigenvalue weighted by atomic mass is 79.9. The van der Waals surface area contributed by atoms with E-state index in [1.807, 2.05) is 73.9 Å². The number of nitrogens with one attached hydrogen (secondary N) is 1. The van der Waals surface area contributed by atoms with Gasteiger partial charge in [-0.1, -0.05) is 71.9 Å². The lowest BCUT2D eigenvalue weighted by Gasteiger charge is -2.18. The van der Waals surface area contributed by atoms with Crippen molar-refractivity contribution in [1.29, 1.82) is 0 Å². The number of rotatable bonds is 8. The summed E-state index contributed by atoms with van der Waals surface area (Å²) in [5, 5.41) is 16.8. The third kappa shape index (κ3) is 5.13. The van der Waals surface area contributed by atoms with Gasteiger partial charge in [0.25, 0.3) is 5.91 Å². The van der Waals surface area contributed by atoms with Crippen molar-refractivity contribution in [2.45, 2.75) is 19.7 Å². The van der Waals surface area contributed by atoms with E-state index >= 15 is 0 Å². The van der Waals surface area contributed by atoms with Gasteiger partial charge >= 0.3 is 0 Å². The highest BCUT2D eigenvalue weighted by Crippen LogP contribution is 2.34. The summed E-state index contributed by atoms with van der Waals surface area (Å²) in [7, 11) is 1.85. The molecular formula is C30H25BrN6O2.